The minimum Gasteiger partial charge on any atom is -0.478 e. The van der Waals surface area contributed by atoms with Gasteiger partial charge in [0.05, 0.1) is 29.9 Å². The van der Waals surface area contributed by atoms with Gasteiger partial charge in [0.1, 0.15) is 0 Å². The first-order chi connectivity index (χ1) is 14.9. The van der Waals surface area contributed by atoms with Crippen LogP contribution in [0, 0.1) is 5.92 Å². The Morgan fingerprint density at radius 3 is 2.90 bits per heavy atom. The van der Waals surface area contributed by atoms with Gasteiger partial charge in [-0.25, -0.2) is 4.98 Å². The summed E-state index contributed by atoms with van der Waals surface area (Å²) in [5, 5.41) is 3.65. The van der Waals surface area contributed by atoms with E-state index in [4.69, 9.17) is 16.2 Å². The fourth-order valence-electron chi connectivity index (χ4n) is 4.00. The Morgan fingerprint density at radius 2 is 2.13 bits per heavy atom. The Bertz CT molecular complexity index is 1090. The van der Waals surface area contributed by atoms with E-state index in [0.29, 0.717) is 29.7 Å². The summed E-state index contributed by atoms with van der Waals surface area (Å²) in [6, 6.07) is 7.23. The summed E-state index contributed by atoms with van der Waals surface area (Å²) in [5.41, 5.74) is 14.6. The molecule has 1 aliphatic rings. The van der Waals surface area contributed by atoms with Gasteiger partial charge in [-0.3, -0.25) is 9.78 Å². The predicted molar refractivity (Wildman–Crippen MR) is 121 cm³/mol. The molecule has 9 heteroatoms. The normalized spacial score (nSPS) is 18.7. The van der Waals surface area contributed by atoms with E-state index in [2.05, 4.69) is 32.1 Å². The largest absolute Gasteiger partial charge is 0.478 e. The predicted octanol–water partition coefficient (Wildman–Crippen LogP) is 2.43. The number of piperidine rings is 1. The second-order valence-corrected chi connectivity index (χ2v) is 7.91. The summed E-state index contributed by atoms with van der Waals surface area (Å²) in [4.78, 5) is 28.2. The van der Waals surface area contributed by atoms with Crippen molar-refractivity contribution in [2.45, 2.75) is 26.3 Å². The van der Waals surface area contributed by atoms with Crippen LogP contribution in [-0.4, -0.2) is 46.6 Å². The van der Waals surface area contributed by atoms with Gasteiger partial charge in [-0.15, -0.1) is 0 Å². The monoisotopic (exact) mass is 421 g/mol. The first-order valence-electron chi connectivity index (χ1n) is 10.4. The van der Waals surface area contributed by atoms with E-state index in [0.717, 1.165) is 30.6 Å². The van der Waals surface area contributed by atoms with E-state index in [1.807, 2.05) is 19.1 Å². The molecule has 1 amide bonds. The maximum Gasteiger partial charge on any atom is 0.276 e. The molecule has 0 aromatic carbocycles. The molecule has 31 heavy (non-hydrogen) atoms. The highest BCUT2D eigenvalue weighted by atomic mass is 16.5. The van der Waals surface area contributed by atoms with Gasteiger partial charge in [-0.05, 0) is 37.5 Å². The van der Waals surface area contributed by atoms with Crippen molar-refractivity contribution in [3.8, 4) is 5.88 Å². The third-order valence-electron chi connectivity index (χ3n) is 5.27. The number of nitrogen functional groups attached to an aromatic ring is 1. The molecular formula is C22H27N7O2. The zero-order valence-corrected chi connectivity index (χ0v) is 17.7. The van der Waals surface area contributed by atoms with Crippen LogP contribution in [0.5, 0.6) is 5.88 Å². The molecule has 0 saturated carbocycles. The number of carbonyl (C=O) groups is 1. The maximum absolute atomic E-state index is 13.1. The standard InChI is InChI=1S/C22H27N7O2/c1-3-31-19-5-4-14-9-16(24)20(28-21(14)27-19)22(30)26-17-10-25-7-6-18(17)29-11-13(2)8-15(23)12-29/h4-7,9-10,13,15H,3,8,11-12,23-24H2,1-2H3,(H,26,30)/t13-,15+/m1/s1. The molecule has 0 bridgehead atoms. The lowest BCUT2D eigenvalue weighted by Crippen LogP contribution is -2.46. The van der Waals surface area contributed by atoms with Crippen molar-refractivity contribution in [3.05, 3.63) is 42.4 Å². The van der Waals surface area contributed by atoms with Crippen molar-refractivity contribution in [2.24, 2.45) is 11.7 Å². The minimum atomic E-state index is -0.424. The van der Waals surface area contributed by atoms with Crippen LogP contribution in [0.4, 0.5) is 17.1 Å². The fourth-order valence-corrected chi connectivity index (χ4v) is 4.00. The topological polar surface area (TPSA) is 132 Å². The summed E-state index contributed by atoms with van der Waals surface area (Å²) < 4.78 is 5.43. The molecule has 0 aliphatic carbocycles. The number of amides is 1. The highest BCUT2D eigenvalue weighted by Gasteiger charge is 2.25. The summed E-state index contributed by atoms with van der Waals surface area (Å²) >= 11 is 0. The van der Waals surface area contributed by atoms with E-state index in [-0.39, 0.29) is 17.4 Å². The molecule has 5 N–H and O–H groups in total. The van der Waals surface area contributed by atoms with Crippen molar-refractivity contribution < 1.29 is 9.53 Å². The molecule has 0 spiro atoms. The van der Waals surface area contributed by atoms with Crippen molar-refractivity contribution in [3.63, 3.8) is 0 Å². The van der Waals surface area contributed by atoms with E-state index in [1.165, 1.54) is 0 Å². The van der Waals surface area contributed by atoms with Gasteiger partial charge in [-0.2, -0.15) is 4.98 Å². The molecule has 2 atom stereocenters. The zero-order chi connectivity index (χ0) is 22.0. The highest BCUT2D eigenvalue weighted by Crippen LogP contribution is 2.30. The zero-order valence-electron chi connectivity index (χ0n) is 17.7. The second-order valence-electron chi connectivity index (χ2n) is 7.91. The molecule has 3 aromatic rings. The van der Waals surface area contributed by atoms with Crippen LogP contribution in [-0.2, 0) is 0 Å². The van der Waals surface area contributed by atoms with Gasteiger partial charge in [-0.1, -0.05) is 6.92 Å². The number of nitrogens with two attached hydrogens (primary N) is 2. The SMILES string of the molecule is CCOc1ccc2cc(N)c(C(=O)Nc3cnccc3N3C[C@H](C)C[C@H](N)C3)nc2n1. The van der Waals surface area contributed by atoms with Crippen LogP contribution in [0.2, 0.25) is 0 Å². The first kappa shape index (κ1) is 20.8. The molecule has 4 heterocycles. The highest BCUT2D eigenvalue weighted by molar-refractivity contribution is 6.08. The molecule has 162 valence electrons. The number of hydrogen-bond donors (Lipinski definition) is 3. The van der Waals surface area contributed by atoms with E-state index in [1.54, 1.807) is 24.5 Å². The molecule has 9 nitrogen and oxygen atoms in total. The van der Waals surface area contributed by atoms with Gasteiger partial charge >= 0.3 is 0 Å². The molecule has 1 fully saturated rings. The Hall–Kier alpha value is -3.46. The minimum absolute atomic E-state index is 0.0869. The number of anilines is 3. The van der Waals surface area contributed by atoms with Crippen LogP contribution < -0.4 is 26.4 Å². The molecule has 0 unspecified atom stereocenters. The molecule has 3 aromatic heterocycles. The number of rotatable bonds is 5. The summed E-state index contributed by atoms with van der Waals surface area (Å²) in [6.07, 6.45) is 4.32. The van der Waals surface area contributed by atoms with Gasteiger partial charge in [0, 0.05) is 36.8 Å². The Balaban J connectivity index is 1.63. The second kappa shape index (κ2) is 8.73. The average Bonchev–Trinajstić information content (AvgIpc) is 2.73. The third kappa shape index (κ3) is 4.51. The molecular weight excluding hydrogens is 394 g/mol. The Kier molecular flexibility index (Phi) is 5.85. The van der Waals surface area contributed by atoms with Crippen molar-refractivity contribution in [2.75, 3.05) is 35.6 Å². The Labute approximate surface area is 180 Å². The van der Waals surface area contributed by atoms with Gasteiger partial charge in [0.15, 0.2) is 11.3 Å². The quantitative estimate of drug-likeness (QED) is 0.572. The summed E-state index contributed by atoms with van der Waals surface area (Å²) in [7, 11) is 0. The Morgan fingerprint density at radius 1 is 1.29 bits per heavy atom. The molecule has 4 rings (SSSR count). The smallest absolute Gasteiger partial charge is 0.276 e. The number of fused-ring (bicyclic) bond motifs is 1. The van der Waals surface area contributed by atoms with E-state index >= 15 is 0 Å². The number of ether oxygens (including phenoxy) is 1. The number of nitrogens with one attached hydrogen (secondary N) is 1. The first-order valence-corrected chi connectivity index (χ1v) is 10.4. The number of pyridine rings is 3. The number of hydrogen-bond acceptors (Lipinski definition) is 8. The third-order valence-corrected chi connectivity index (χ3v) is 5.27. The van der Waals surface area contributed by atoms with Gasteiger partial charge < -0.3 is 26.4 Å². The number of nitrogens with zero attached hydrogens (tertiary/aromatic N) is 4. The van der Waals surface area contributed by atoms with Gasteiger partial charge in [0.2, 0.25) is 5.88 Å². The van der Waals surface area contributed by atoms with Crippen LogP contribution >= 0.6 is 0 Å². The van der Waals surface area contributed by atoms with Crippen LogP contribution in [0.1, 0.15) is 30.8 Å². The summed E-state index contributed by atoms with van der Waals surface area (Å²) in [5.74, 6) is 0.485. The number of aromatic nitrogens is 3. The van der Waals surface area contributed by atoms with Crippen molar-refractivity contribution in [1.82, 2.24) is 15.0 Å². The fraction of sp³-hybridized carbons (Fsp3) is 0.364. The average molecular weight is 422 g/mol. The number of carbonyl (C=O) groups excluding carboxylic acids is 1. The van der Waals surface area contributed by atoms with Crippen LogP contribution in [0.15, 0.2) is 36.7 Å². The lowest BCUT2D eigenvalue weighted by molar-refractivity contribution is 0.102. The van der Waals surface area contributed by atoms with E-state index in [9.17, 15) is 4.79 Å². The molecule has 1 aliphatic heterocycles. The van der Waals surface area contributed by atoms with Crippen LogP contribution in [0.3, 0.4) is 0 Å². The maximum atomic E-state index is 13.1. The van der Waals surface area contributed by atoms with E-state index < -0.39 is 5.91 Å². The van der Waals surface area contributed by atoms with Crippen molar-refractivity contribution >= 4 is 34.0 Å². The summed E-state index contributed by atoms with van der Waals surface area (Å²) in [6.45, 7) is 6.12. The van der Waals surface area contributed by atoms with Gasteiger partial charge in [0.25, 0.3) is 5.91 Å². The lowest BCUT2D eigenvalue weighted by atomic mass is 9.96. The lowest BCUT2D eigenvalue weighted by Gasteiger charge is -2.37. The molecule has 0 radical (unpaired) electrons. The van der Waals surface area contributed by atoms with Crippen LogP contribution in [0.25, 0.3) is 11.0 Å². The molecule has 1 saturated heterocycles. The van der Waals surface area contributed by atoms with Crippen molar-refractivity contribution in [1.29, 1.82) is 0 Å².